The van der Waals surface area contributed by atoms with Gasteiger partial charge in [0, 0.05) is 36.4 Å². The van der Waals surface area contributed by atoms with Gasteiger partial charge in [0.2, 0.25) is 0 Å². The fourth-order valence-electron chi connectivity index (χ4n) is 3.76. The lowest BCUT2D eigenvalue weighted by molar-refractivity contribution is 0.823. The summed E-state index contributed by atoms with van der Waals surface area (Å²) in [7, 11) is 0. The minimum absolute atomic E-state index is 0.547. The molecule has 3 heterocycles. The fraction of sp³-hybridized carbons (Fsp3) is 0.477. The molecule has 0 bridgehead atoms. The van der Waals surface area contributed by atoms with E-state index in [4.69, 9.17) is 0 Å². The topological polar surface area (TPSA) is 38.1 Å². The summed E-state index contributed by atoms with van der Waals surface area (Å²) in [4.78, 5) is 12.8. The normalized spacial score (nSPS) is 10.1. The summed E-state index contributed by atoms with van der Waals surface area (Å²) >= 11 is 0. The second kappa shape index (κ2) is 32.4. The van der Waals surface area contributed by atoms with Crippen molar-refractivity contribution in [1.29, 1.82) is 0 Å². The smallest absolute Gasteiger partial charge is 0.0665 e. The fourth-order valence-corrected chi connectivity index (χ4v) is 3.76. The molecule has 0 saturated heterocycles. The average Bonchev–Trinajstić information content (AvgIpc) is 3.59. The summed E-state index contributed by atoms with van der Waals surface area (Å²) < 4.78 is 0. The quantitative estimate of drug-likeness (QED) is 0.222. The lowest BCUT2D eigenvalue weighted by atomic mass is 10.0. The standard InChI is InChI=1S/C11H13N.C9H12.2C8H11N.4C2H6/c1-8(2)11-7-9-5-3-4-6-10(9)12-11;1-8(2)9-6-4-3-5-7-9;1-7(2)8-4-3-5-9-6-8;1-7(2)8-5-3-4-6-9-8;4*1-2/h3-6,8H,7H2,1-2H3;3-8H,1-2H3;2*3-7H,1-2H3;4*1-2H3. The van der Waals surface area contributed by atoms with E-state index in [9.17, 15) is 0 Å². The first-order valence-corrected chi connectivity index (χ1v) is 18.2. The Bertz CT molecular complexity index is 1110. The van der Waals surface area contributed by atoms with Crippen molar-refractivity contribution in [3.05, 3.63) is 126 Å². The Hall–Kier alpha value is -3.59. The highest BCUT2D eigenvalue weighted by Gasteiger charge is 2.15. The molecule has 0 N–H and O–H groups in total. The number of rotatable bonds is 4. The first-order chi connectivity index (χ1) is 22.7. The summed E-state index contributed by atoms with van der Waals surface area (Å²) in [5.74, 6) is 2.38. The Balaban J connectivity index is -0.000000515. The van der Waals surface area contributed by atoms with Gasteiger partial charge in [-0.15, -0.1) is 0 Å². The lowest BCUT2D eigenvalue weighted by Crippen LogP contribution is -2.06. The Morgan fingerprint density at radius 3 is 1.34 bits per heavy atom. The second-order valence-corrected chi connectivity index (χ2v) is 11.0. The van der Waals surface area contributed by atoms with Crippen molar-refractivity contribution in [2.75, 3.05) is 0 Å². The zero-order valence-corrected chi connectivity index (χ0v) is 33.2. The molecule has 262 valence electrons. The van der Waals surface area contributed by atoms with Crippen molar-refractivity contribution in [2.45, 2.75) is 135 Å². The highest BCUT2D eigenvalue weighted by molar-refractivity contribution is 5.95. The number of fused-ring (bicyclic) bond motifs is 1. The monoisotopic (exact) mass is 642 g/mol. The number of benzene rings is 2. The van der Waals surface area contributed by atoms with Gasteiger partial charge in [-0.05, 0) is 64.6 Å². The minimum atomic E-state index is 0.547. The van der Waals surface area contributed by atoms with E-state index >= 15 is 0 Å². The van der Waals surface area contributed by atoms with Gasteiger partial charge in [-0.25, -0.2) is 0 Å². The number of hydrogen-bond donors (Lipinski definition) is 0. The minimum Gasteiger partial charge on any atom is -0.264 e. The molecule has 3 heteroatoms. The van der Waals surface area contributed by atoms with E-state index in [1.807, 2.05) is 104 Å². The molecule has 0 unspecified atom stereocenters. The van der Waals surface area contributed by atoms with Crippen LogP contribution in [0.3, 0.4) is 0 Å². The van der Waals surface area contributed by atoms with Crippen molar-refractivity contribution >= 4 is 11.4 Å². The second-order valence-electron chi connectivity index (χ2n) is 11.0. The van der Waals surface area contributed by atoms with E-state index in [2.05, 4.69) is 119 Å². The van der Waals surface area contributed by atoms with Crippen LogP contribution in [0.2, 0.25) is 0 Å². The van der Waals surface area contributed by atoms with Gasteiger partial charge in [0.05, 0.1) is 5.69 Å². The van der Waals surface area contributed by atoms with Gasteiger partial charge in [0.15, 0.2) is 0 Å². The predicted octanol–water partition coefficient (Wildman–Crippen LogP) is 14.3. The van der Waals surface area contributed by atoms with Crippen LogP contribution in [-0.4, -0.2) is 15.7 Å². The van der Waals surface area contributed by atoms with Crippen molar-refractivity contribution < 1.29 is 0 Å². The summed E-state index contributed by atoms with van der Waals surface area (Å²) in [5.41, 5.74) is 7.74. The van der Waals surface area contributed by atoms with Crippen molar-refractivity contribution in [3.63, 3.8) is 0 Å². The molecule has 2 aromatic heterocycles. The van der Waals surface area contributed by atoms with Crippen LogP contribution in [0, 0.1) is 5.92 Å². The van der Waals surface area contributed by atoms with Crippen LogP contribution in [-0.2, 0) is 6.42 Å². The van der Waals surface area contributed by atoms with Crippen molar-refractivity contribution in [2.24, 2.45) is 10.9 Å². The van der Waals surface area contributed by atoms with Crippen LogP contribution in [0.15, 0.2) is 109 Å². The Kier molecular flexibility index (Phi) is 32.9. The third-order valence-electron chi connectivity index (χ3n) is 6.39. The van der Waals surface area contributed by atoms with Crippen LogP contribution in [0.5, 0.6) is 0 Å². The van der Waals surface area contributed by atoms with Crippen molar-refractivity contribution in [1.82, 2.24) is 9.97 Å². The van der Waals surface area contributed by atoms with Gasteiger partial charge in [0.1, 0.15) is 0 Å². The van der Waals surface area contributed by atoms with Crippen LogP contribution in [0.25, 0.3) is 0 Å². The van der Waals surface area contributed by atoms with E-state index in [-0.39, 0.29) is 0 Å². The summed E-state index contributed by atoms with van der Waals surface area (Å²) in [5, 5.41) is 0. The van der Waals surface area contributed by atoms with Gasteiger partial charge in [-0.1, -0.05) is 171 Å². The van der Waals surface area contributed by atoms with E-state index in [0.29, 0.717) is 23.7 Å². The molecular weight excluding hydrogens is 571 g/mol. The first-order valence-electron chi connectivity index (χ1n) is 18.2. The van der Waals surface area contributed by atoms with E-state index in [1.165, 1.54) is 28.1 Å². The van der Waals surface area contributed by atoms with Gasteiger partial charge in [0.25, 0.3) is 0 Å². The summed E-state index contributed by atoms with van der Waals surface area (Å²) in [6.45, 7) is 33.4. The molecule has 0 saturated carbocycles. The molecule has 5 rings (SSSR count). The Morgan fingerprint density at radius 2 is 0.979 bits per heavy atom. The van der Waals surface area contributed by atoms with Crippen LogP contribution >= 0.6 is 0 Å². The number of para-hydroxylation sites is 1. The Labute approximate surface area is 292 Å². The maximum Gasteiger partial charge on any atom is 0.0665 e. The molecule has 0 amide bonds. The van der Waals surface area contributed by atoms with E-state index in [0.717, 1.165) is 12.1 Å². The molecule has 4 aromatic rings. The van der Waals surface area contributed by atoms with Crippen molar-refractivity contribution in [3.8, 4) is 0 Å². The number of aliphatic imine (C=N–C) groups is 1. The number of nitrogens with zero attached hydrogens (tertiary/aromatic N) is 3. The molecule has 0 fully saturated rings. The molecule has 47 heavy (non-hydrogen) atoms. The number of aromatic nitrogens is 2. The molecule has 0 spiro atoms. The van der Waals surface area contributed by atoms with E-state index in [1.54, 1.807) is 6.20 Å². The predicted molar refractivity (Wildman–Crippen MR) is 215 cm³/mol. The van der Waals surface area contributed by atoms with Gasteiger partial charge in [-0.3, -0.25) is 15.0 Å². The molecule has 2 aromatic carbocycles. The molecule has 1 aliphatic rings. The molecule has 3 nitrogen and oxygen atoms in total. The van der Waals surface area contributed by atoms with Crippen LogP contribution in [0.1, 0.15) is 151 Å². The Morgan fingerprint density at radius 1 is 0.468 bits per heavy atom. The third-order valence-corrected chi connectivity index (χ3v) is 6.39. The number of hydrogen-bond acceptors (Lipinski definition) is 3. The molecule has 1 aliphatic heterocycles. The summed E-state index contributed by atoms with van der Waals surface area (Å²) in [6, 6.07) is 29.0. The van der Waals surface area contributed by atoms with E-state index < -0.39 is 0 Å². The highest BCUT2D eigenvalue weighted by Crippen LogP contribution is 2.28. The lowest BCUT2D eigenvalue weighted by Gasteiger charge is -2.01. The molecule has 0 aliphatic carbocycles. The zero-order valence-electron chi connectivity index (χ0n) is 33.2. The average molecular weight is 642 g/mol. The maximum absolute atomic E-state index is 4.57. The summed E-state index contributed by atoms with van der Waals surface area (Å²) in [6.07, 6.45) is 6.58. The molecule has 0 atom stereocenters. The highest BCUT2D eigenvalue weighted by atomic mass is 14.8. The van der Waals surface area contributed by atoms with Gasteiger partial charge >= 0.3 is 0 Å². The van der Waals surface area contributed by atoms with Gasteiger partial charge < -0.3 is 0 Å². The van der Waals surface area contributed by atoms with Gasteiger partial charge in [-0.2, -0.15) is 0 Å². The number of pyridine rings is 2. The molecular formula is C44H71N3. The largest absolute Gasteiger partial charge is 0.264 e. The first kappa shape index (κ1) is 47.8. The SMILES string of the molecule is CC.CC.CC.CC.CC(C)C1=Nc2ccccc2C1.CC(C)c1ccccc1.CC(C)c1ccccn1.CC(C)c1cccnc1. The van der Waals surface area contributed by atoms with Crippen LogP contribution in [0.4, 0.5) is 5.69 Å². The zero-order chi connectivity index (χ0) is 36.6. The third kappa shape index (κ3) is 22.6. The molecule has 0 radical (unpaired) electrons. The maximum atomic E-state index is 4.57. The van der Waals surface area contributed by atoms with Crippen LogP contribution < -0.4 is 0 Å².